The van der Waals surface area contributed by atoms with Crippen LogP contribution in [0.1, 0.15) is 20.3 Å². The van der Waals surface area contributed by atoms with Gasteiger partial charge in [-0.1, -0.05) is 11.6 Å². The van der Waals surface area contributed by atoms with E-state index in [1.807, 2.05) is 0 Å². The number of amides is 2. The minimum absolute atomic E-state index is 0.177. The first-order valence-electron chi connectivity index (χ1n) is 7.12. The number of nitrogens with zero attached hydrogens (tertiary/aromatic N) is 2. The molecule has 1 aromatic rings. The molecule has 6 nitrogen and oxygen atoms in total. The third-order valence-electron chi connectivity index (χ3n) is 3.97. The number of pyridine rings is 1. The quantitative estimate of drug-likeness (QED) is 0.745. The summed E-state index contributed by atoms with van der Waals surface area (Å²) in [5, 5.41) is 3.07. The topological polar surface area (TPSA) is 69.3 Å². The number of halogens is 1. The maximum Gasteiger partial charge on any atom is 0.321 e. The Morgan fingerprint density at radius 3 is 2.71 bits per heavy atom. The van der Waals surface area contributed by atoms with Gasteiger partial charge in [0.05, 0.1) is 5.69 Å². The lowest BCUT2D eigenvalue weighted by Gasteiger charge is -2.23. The van der Waals surface area contributed by atoms with Crippen LogP contribution in [-0.2, 0) is 0 Å². The number of aromatic nitrogens is 1. The summed E-state index contributed by atoms with van der Waals surface area (Å²) >= 11 is 5.93. The van der Waals surface area contributed by atoms with Crippen molar-refractivity contribution >= 4 is 23.3 Å². The Morgan fingerprint density at radius 1 is 1.43 bits per heavy atom. The number of urea groups is 1. The fraction of sp³-hybridized carbons (Fsp3) is 0.571. The molecular formula is C14H22ClN5O. The largest absolute Gasteiger partial charge is 0.328 e. The lowest BCUT2D eigenvalue weighted by Crippen LogP contribution is -2.35. The molecule has 21 heavy (non-hydrogen) atoms. The standard InChI is InChI=1S/C14H22ClN5O/c1-9-11(10(2)19-18-9)6-8-20(3)14(21)17-12-5-4-7-16-13(12)15/h4-5,7,9-11,18-19H,6,8H2,1-3H3,(H,17,21). The average molecular weight is 312 g/mol. The van der Waals surface area contributed by atoms with Crippen molar-refractivity contribution in [1.82, 2.24) is 20.7 Å². The SMILES string of the molecule is CC1NNC(C)C1CCN(C)C(=O)Nc1cccnc1Cl. The van der Waals surface area contributed by atoms with E-state index in [-0.39, 0.29) is 6.03 Å². The van der Waals surface area contributed by atoms with Crippen molar-refractivity contribution < 1.29 is 4.79 Å². The third-order valence-corrected chi connectivity index (χ3v) is 4.27. The predicted molar refractivity (Wildman–Crippen MR) is 84.2 cm³/mol. The second-order valence-electron chi connectivity index (χ2n) is 5.51. The minimum atomic E-state index is -0.177. The molecule has 2 amide bonds. The number of carbonyl (C=O) groups is 1. The Balaban J connectivity index is 1.84. The van der Waals surface area contributed by atoms with Gasteiger partial charge < -0.3 is 10.2 Å². The molecule has 0 saturated carbocycles. The summed E-state index contributed by atoms with van der Waals surface area (Å²) in [5.74, 6) is 0.502. The zero-order valence-corrected chi connectivity index (χ0v) is 13.3. The van der Waals surface area contributed by atoms with Gasteiger partial charge in [-0.3, -0.25) is 10.9 Å². The monoisotopic (exact) mass is 311 g/mol. The van der Waals surface area contributed by atoms with Gasteiger partial charge in [-0.05, 0) is 38.3 Å². The first kappa shape index (κ1) is 16.0. The third kappa shape index (κ3) is 4.06. The van der Waals surface area contributed by atoms with Gasteiger partial charge in [-0.15, -0.1) is 0 Å². The second kappa shape index (κ2) is 7.06. The van der Waals surface area contributed by atoms with Crippen LogP contribution >= 0.6 is 11.6 Å². The smallest absolute Gasteiger partial charge is 0.321 e. The van der Waals surface area contributed by atoms with Crippen LogP contribution in [0.2, 0.25) is 5.15 Å². The van der Waals surface area contributed by atoms with Crippen LogP contribution in [0.3, 0.4) is 0 Å². The molecule has 7 heteroatoms. The van der Waals surface area contributed by atoms with Gasteiger partial charge in [0.25, 0.3) is 0 Å². The van der Waals surface area contributed by atoms with E-state index in [0.717, 1.165) is 6.42 Å². The maximum absolute atomic E-state index is 12.1. The molecule has 116 valence electrons. The van der Waals surface area contributed by atoms with Crippen LogP contribution in [0.5, 0.6) is 0 Å². The van der Waals surface area contributed by atoms with Crippen LogP contribution < -0.4 is 16.2 Å². The number of hydrogen-bond acceptors (Lipinski definition) is 4. The van der Waals surface area contributed by atoms with E-state index < -0.39 is 0 Å². The van der Waals surface area contributed by atoms with E-state index >= 15 is 0 Å². The summed E-state index contributed by atoms with van der Waals surface area (Å²) in [7, 11) is 1.78. The molecule has 1 saturated heterocycles. The Morgan fingerprint density at radius 2 is 2.10 bits per heavy atom. The van der Waals surface area contributed by atoms with Crippen molar-refractivity contribution in [3.05, 3.63) is 23.5 Å². The molecule has 2 atom stereocenters. The summed E-state index contributed by atoms with van der Waals surface area (Å²) in [6.07, 6.45) is 2.53. The first-order chi connectivity index (χ1) is 9.99. The zero-order chi connectivity index (χ0) is 15.4. The highest BCUT2D eigenvalue weighted by Gasteiger charge is 2.29. The zero-order valence-electron chi connectivity index (χ0n) is 12.6. The highest BCUT2D eigenvalue weighted by atomic mass is 35.5. The summed E-state index contributed by atoms with van der Waals surface area (Å²) in [4.78, 5) is 17.7. The molecule has 1 aromatic heterocycles. The number of hydrogen-bond donors (Lipinski definition) is 3. The molecule has 0 bridgehead atoms. The van der Waals surface area contributed by atoms with Gasteiger partial charge in [0.15, 0.2) is 5.15 Å². The van der Waals surface area contributed by atoms with Gasteiger partial charge in [0.2, 0.25) is 0 Å². The van der Waals surface area contributed by atoms with Crippen molar-refractivity contribution in [2.75, 3.05) is 18.9 Å². The van der Waals surface area contributed by atoms with Crippen LogP contribution in [-0.4, -0.2) is 41.6 Å². The van der Waals surface area contributed by atoms with Gasteiger partial charge in [-0.2, -0.15) is 0 Å². The number of rotatable bonds is 4. The molecule has 2 heterocycles. The van der Waals surface area contributed by atoms with Crippen molar-refractivity contribution in [1.29, 1.82) is 0 Å². The fourth-order valence-electron chi connectivity index (χ4n) is 2.54. The lowest BCUT2D eigenvalue weighted by molar-refractivity contribution is 0.217. The molecule has 2 unspecified atom stereocenters. The number of nitrogens with one attached hydrogen (secondary N) is 3. The van der Waals surface area contributed by atoms with Crippen molar-refractivity contribution in [3.8, 4) is 0 Å². The van der Waals surface area contributed by atoms with E-state index in [4.69, 9.17) is 11.6 Å². The summed E-state index contributed by atoms with van der Waals surface area (Å²) < 4.78 is 0. The second-order valence-corrected chi connectivity index (χ2v) is 5.87. The molecule has 0 radical (unpaired) electrons. The van der Waals surface area contributed by atoms with Crippen LogP contribution in [0.4, 0.5) is 10.5 Å². The van der Waals surface area contributed by atoms with Crippen LogP contribution in [0.25, 0.3) is 0 Å². The Hall–Kier alpha value is -1.37. The molecule has 0 spiro atoms. The molecule has 0 aromatic carbocycles. The Kier molecular flexibility index (Phi) is 5.39. The predicted octanol–water partition coefficient (Wildman–Crippen LogP) is 2.09. The van der Waals surface area contributed by atoms with Gasteiger partial charge in [-0.25, -0.2) is 9.78 Å². The van der Waals surface area contributed by atoms with Gasteiger partial charge in [0.1, 0.15) is 0 Å². The van der Waals surface area contributed by atoms with Crippen molar-refractivity contribution in [2.24, 2.45) is 5.92 Å². The lowest BCUT2D eigenvalue weighted by atomic mass is 9.93. The maximum atomic E-state index is 12.1. The van der Waals surface area contributed by atoms with Crippen LogP contribution in [0, 0.1) is 5.92 Å². The molecule has 2 rings (SSSR count). The fourth-order valence-corrected chi connectivity index (χ4v) is 2.71. The summed E-state index contributed by atoms with van der Waals surface area (Å²) in [6, 6.07) is 4.11. The molecule has 1 fully saturated rings. The Labute approximate surface area is 130 Å². The molecule has 0 aliphatic carbocycles. The normalized spacial score (nSPS) is 24.9. The van der Waals surface area contributed by atoms with Crippen molar-refractivity contribution in [3.63, 3.8) is 0 Å². The van der Waals surface area contributed by atoms with Gasteiger partial charge in [0, 0.05) is 31.9 Å². The average Bonchev–Trinajstić information content (AvgIpc) is 2.78. The summed E-state index contributed by atoms with van der Waals surface area (Å²) in [5.41, 5.74) is 6.98. The number of hydrazine groups is 1. The van der Waals surface area contributed by atoms with E-state index in [1.165, 1.54) is 0 Å². The van der Waals surface area contributed by atoms with Gasteiger partial charge >= 0.3 is 6.03 Å². The molecule has 1 aliphatic heterocycles. The van der Waals surface area contributed by atoms with Crippen molar-refractivity contribution in [2.45, 2.75) is 32.4 Å². The Bertz CT molecular complexity index is 488. The summed E-state index contributed by atoms with van der Waals surface area (Å²) in [6.45, 7) is 4.99. The number of carbonyl (C=O) groups excluding carboxylic acids is 1. The first-order valence-corrected chi connectivity index (χ1v) is 7.50. The van der Waals surface area contributed by atoms with E-state index in [0.29, 0.717) is 35.4 Å². The van der Waals surface area contributed by atoms with Crippen LogP contribution in [0.15, 0.2) is 18.3 Å². The molecular weight excluding hydrogens is 290 g/mol. The molecule has 3 N–H and O–H groups in total. The number of anilines is 1. The van der Waals surface area contributed by atoms with E-state index in [1.54, 1.807) is 30.3 Å². The minimum Gasteiger partial charge on any atom is -0.328 e. The molecule has 1 aliphatic rings. The highest BCUT2D eigenvalue weighted by molar-refractivity contribution is 6.32. The highest BCUT2D eigenvalue weighted by Crippen LogP contribution is 2.20. The van der Waals surface area contributed by atoms with E-state index in [9.17, 15) is 4.79 Å². The van der Waals surface area contributed by atoms with E-state index in [2.05, 4.69) is 35.0 Å².